The summed E-state index contributed by atoms with van der Waals surface area (Å²) in [6, 6.07) is 4.25. The van der Waals surface area contributed by atoms with Crippen LogP contribution in [0.2, 0.25) is 0 Å². The Morgan fingerprint density at radius 3 is 3.00 bits per heavy atom. The van der Waals surface area contributed by atoms with Crippen molar-refractivity contribution in [3.8, 4) is 0 Å². The second-order valence-electron chi connectivity index (χ2n) is 4.26. The van der Waals surface area contributed by atoms with Crippen LogP contribution < -0.4 is 5.32 Å². The van der Waals surface area contributed by atoms with Crippen LogP contribution in [0.25, 0.3) is 0 Å². The predicted octanol–water partition coefficient (Wildman–Crippen LogP) is 2.60. The van der Waals surface area contributed by atoms with Gasteiger partial charge in [-0.2, -0.15) is 0 Å². The van der Waals surface area contributed by atoms with E-state index in [4.69, 9.17) is 0 Å². The summed E-state index contributed by atoms with van der Waals surface area (Å²) >= 11 is 3.15. The molecule has 0 aliphatic heterocycles. The van der Waals surface area contributed by atoms with Gasteiger partial charge in [0.15, 0.2) is 0 Å². The SMILES string of the molecule is CC(Cn1ccnc1)NC(=O)c1ccc(Br)cc1F. The summed E-state index contributed by atoms with van der Waals surface area (Å²) in [5.74, 6) is -0.959. The molecular weight excluding hydrogens is 313 g/mol. The maximum Gasteiger partial charge on any atom is 0.254 e. The summed E-state index contributed by atoms with van der Waals surface area (Å²) in [4.78, 5) is 15.8. The third kappa shape index (κ3) is 3.64. The Hall–Kier alpha value is -1.69. The molecule has 0 radical (unpaired) electrons. The van der Waals surface area contributed by atoms with E-state index in [1.165, 1.54) is 12.1 Å². The Bertz CT molecular complexity index is 571. The first-order valence-corrected chi connectivity index (χ1v) is 6.57. The van der Waals surface area contributed by atoms with Crippen molar-refractivity contribution in [1.82, 2.24) is 14.9 Å². The highest BCUT2D eigenvalue weighted by Crippen LogP contribution is 2.15. The molecule has 100 valence electrons. The molecule has 1 heterocycles. The van der Waals surface area contributed by atoms with Crippen LogP contribution in [0.1, 0.15) is 17.3 Å². The van der Waals surface area contributed by atoms with Crippen LogP contribution in [-0.2, 0) is 6.54 Å². The van der Waals surface area contributed by atoms with Crippen LogP contribution in [0.15, 0.2) is 41.4 Å². The number of imidazole rings is 1. The van der Waals surface area contributed by atoms with Gasteiger partial charge in [0.05, 0.1) is 11.9 Å². The molecule has 0 bridgehead atoms. The van der Waals surface area contributed by atoms with E-state index in [1.54, 1.807) is 18.6 Å². The number of carbonyl (C=O) groups excluding carboxylic acids is 1. The first-order chi connectivity index (χ1) is 9.06. The van der Waals surface area contributed by atoms with Crippen LogP contribution in [0.5, 0.6) is 0 Å². The number of nitrogens with one attached hydrogen (secondary N) is 1. The molecule has 0 aliphatic rings. The van der Waals surface area contributed by atoms with Crippen LogP contribution >= 0.6 is 15.9 Å². The molecule has 2 aromatic rings. The number of aromatic nitrogens is 2. The zero-order chi connectivity index (χ0) is 13.8. The number of hydrogen-bond donors (Lipinski definition) is 1. The number of nitrogens with zero attached hydrogens (tertiary/aromatic N) is 2. The van der Waals surface area contributed by atoms with Crippen molar-refractivity contribution in [3.05, 3.63) is 52.8 Å². The molecule has 2 rings (SSSR count). The monoisotopic (exact) mass is 325 g/mol. The van der Waals surface area contributed by atoms with Gasteiger partial charge in [0, 0.05) is 29.5 Å². The second-order valence-corrected chi connectivity index (χ2v) is 5.17. The third-order valence-corrected chi connectivity index (χ3v) is 3.09. The summed E-state index contributed by atoms with van der Waals surface area (Å²) in [6.45, 7) is 2.44. The molecule has 0 fully saturated rings. The van der Waals surface area contributed by atoms with Crippen molar-refractivity contribution in [3.63, 3.8) is 0 Å². The fourth-order valence-electron chi connectivity index (χ4n) is 1.73. The van der Waals surface area contributed by atoms with Crippen molar-refractivity contribution in [2.75, 3.05) is 0 Å². The Morgan fingerprint density at radius 2 is 2.37 bits per heavy atom. The predicted molar refractivity (Wildman–Crippen MR) is 73.3 cm³/mol. The number of halogens is 2. The molecule has 0 aliphatic carbocycles. The molecule has 6 heteroatoms. The van der Waals surface area contributed by atoms with Gasteiger partial charge < -0.3 is 9.88 Å². The molecule has 0 spiro atoms. The lowest BCUT2D eigenvalue weighted by Crippen LogP contribution is -2.35. The average molecular weight is 326 g/mol. The van der Waals surface area contributed by atoms with Gasteiger partial charge in [-0.25, -0.2) is 9.37 Å². The molecule has 1 atom stereocenters. The molecular formula is C13H13BrFN3O. The number of carbonyl (C=O) groups is 1. The van der Waals surface area contributed by atoms with Gasteiger partial charge in [-0.3, -0.25) is 4.79 Å². The average Bonchev–Trinajstić information content (AvgIpc) is 2.81. The van der Waals surface area contributed by atoms with Crippen molar-refractivity contribution in [2.45, 2.75) is 19.5 Å². The minimum absolute atomic E-state index is 0.0423. The molecule has 4 nitrogen and oxygen atoms in total. The number of amides is 1. The van der Waals surface area contributed by atoms with Crippen molar-refractivity contribution < 1.29 is 9.18 Å². The topological polar surface area (TPSA) is 46.9 Å². The Labute approximate surface area is 118 Å². The standard InChI is InChI=1S/C13H13BrFN3O/c1-9(7-18-5-4-16-8-18)17-13(19)11-3-2-10(14)6-12(11)15/h2-6,8-9H,7H2,1H3,(H,17,19). The Kier molecular flexibility index (Phi) is 4.31. The Morgan fingerprint density at radius 1 is 1.58 bits per heavy atom. The Balaban J connectivity index is 2.00. The third-order valence-electron chi connectivity index (χ3n) is 2.60. The smallest absolute Gasteiger partial charge is 0.254 e. The van der Waals surface area contributed by atoms with Gasteiger partial charge in [-0.1, -0.05) is 15.9 Å². The lowest BCUT2D eigenvalue weighted by Gasteiger charge is -2.14. The van der Waals surface area contributed by atoms with Crippen LogP contribution in [0.3, 0.4) is 0 Å². The van der Waals surface area contributed by atoms with E-state index in [0.717, 1.165) is 0 Å². The zero-order valence-electron chi connectivity index (χ0n) is 10.3. The fraction of sp³-hybridized carbons (Fsp3) is 0.231. The highest BCUT2D eigenvalue weighted by molar-refractivity contribution is 9.10. The highest BCUT2D eigenvalue weighted by Gasteiger charge is 2.14. The minimum Gasteiger partial charge on any atom is -0.348 e. The van der Waals surface area contributed by atoms with E-state index in [-0.39, 0.29) is 11.6 Å². The maximum atomic E-state index is 13.6. The molecule has 0 saturated carbocycles. The molecule has 1 aromatic carbocycles. The lowest BCUT2D eigenvalue weighted by atomic mass is 10.2. The van der Waals surface area contributed by atoms with E-state index in [2.05, 4.69) is 26.2 Å². The highest BCUT2D eigenvalue weighted by atomic mass is 79.9. The summed E-state index contributed by atoms with van der Waals surface area (Å²) < 4.78 is 16.1. The van der Waals surface area contributed by atoms with E-state index < -0.39 is 11.7 Å². The number of rotatable bonds is 4. The summed E-state index contributed by atoms with van der Waals surface area (Å²) in [6.07, 6.45) is 5.15. The van der Waals surface area contributed by atoms with Gasteiger partial charge in [0.1, 0.15) is 5.82 Å². The summed E-state index contributed by atoms with van der Waals surface area (Å²) in [7, 11) is 0. The largest absolute Gasteiger partial charge is 0.348 e. The molecule has 0 saturated heterocycles. The second kappa shape index (κ2) is 5.97. The van der Waals surface area contributed by atoms with Gasteiger partial charge in [0.25, 0.3) is 5.91 Å². The molecule has 1 unspecified atom stereocenters. The molecule has 1 aromatic heterocycles. The van der Waals surface area contributed by atoms with E-state index in [1.807, 2.05) is 17.7 Å². The molecule has 19 heavy (non-hydrogen) atoms. The van der Waals surface area contributed by atoms with Crippen LogP contribution in [-0.4, -0.2) is 21.5 Å². The fourth-order valence-corrected chi connectivity index (χ4v) is 2.06. The number of benzene rings is 1. The van der Waals surface area contributed by atoms with Gasteiger partial charge in [-0.15, -0.1) is 0 Å². The lowest BCUT2D eigenvalue weighted by molar-refractivity contribution is 0.0932. The number of hydrogen-bond acceptors (Lipinski definition) is 2. The van der Waals surface area contributed by atoms with Crippen molar-refractivity contribution in [1.29, 1.82) is 0 Å². The van der Waals surface area contributed by atoms with E-state index in [9.17, 15) is 9.18 Å². The van der Waals surface area contributed by atoms with Gasteiger partial charge in [0.2, 0.25) is 0 Å². The summed E-state index contributed by atoms with van der Waals surface area (Å²) in [5, 5.41) is 2.75. The maximum absolute atomic E-state index is 13.6. The van der Waals surface area contributed by atoms with E-state index in [0.29, 0.717) is 11.0 Å². The van der Waals surface area contributed by atoms with Crippen molar-refractivity contribution in [2.24, 2.45) is 0 Å². The van der Waals surface area contributed by atoms with Gasteiger partial charge in [-0.05, 0) is 25.1 Å². The molecule has 1 N–H and O–H groups in total. The van der Waals surface area contributed by atoms with Crippen LogP contribution in [0, 0.1) is 5.82 Å². The first-order valence-electron chi connectivity index (χ1n) is 5.78. The van der Waals surface area contributed by atoms with Crippen molar-refractivity contribution >= 4 is 21.8 Å². The minimum atomic E-state index is -0.540. The van der Waals surface area contributed by atoms with Gasteiger partial charge >= 0.3 is 0 Å². The normalized spacial score (nSPS) is 12.2. The van der Waals surface area contributed by atoms with Crippen LogP contribution in [0.4, 0.5) is 4.39 Å². The summed E-state index contributed by atoms with van der Waals surface area (Å²) in [5.41, 5.74) is 0.0423. The zero-order valence-corrected chi connectivity index (χ0v) is 11.9. The first kappa shape index (κ1) is 13.7. The molecule has 1 amide bonds. The van der Waals surface area contributed by atoms with E-state index >= 15 is 0 Å². The quantitative estimate of drug-likeness (QED) is 0.939.